The summed E-state index contributed by atoms with van der Waals surface area (Å²) < 4.78 is 5.60. The molecule has 5 nitrogen and oxygen atoms in total. The van der Waals surface area contributed by atoms with Gasteiger partial charge in [0.2, 0.25) is 0 Å². The maximum Gasteiger partial charge on any atom is 0.408 e. The number of hydrogen-bond acceptors (Lipinski definition) is 3. The molecular formula is C16H27NO4. The van der Waals surface area contributed by atoms with Crippen LogP contribution in [0.2, 0.25) is 0 Å². The van der Waals surface area contributed by atoms with E-state index in [-0.39, 0.29) is 16.9 Å². The van der Waals surface area contributed by atoms with Crippen LogP contribution in [0.5, 0.6) is 0 Å². The molecular weight excluding hydrogens is 270 g/mol. The highest BCUT2D eigenvalue weighted by Crippen LogP contribution is 2.66. The Balaban J connectivity index is 1.97. The third kappa shape index (κ3) is 2.62. The molecule has 0 aromatic carbocycles. The molecule has 2 N–H and O–H groups in total. The standard InChI is InChI=1S/C16H27NO4/c1-5-6-11(13(18)19)17-14(20)21-12-9-10-7-8-16(12,4)15(10,2)3/h10-12H,5-9H2,1-4H3,(H,17,20)(H,18,19). The van der Waals surface area contributed by atoms with Gasteiger partial charge in [-0.2, -0.15) is 0 Å². The third-order valence-electron chi connectivity index (χ3n) is 6.13. The lowest BCUT2D eigenvalue weighted by molar-refractivity contribution is -0.139. The number of carbonyl (C=O) groups is 2. The number of fused-ring (bicyclic) bond motifs is 2. The number of carboxylic acid groups (broad SMARTS) is 1. The van der Waals surface area contributed by atoms with Crippen LogP contribution in [-0.4, -0.2) is 29.3 Å². The largest absolute Gasteiger partial charge is 0.480 e. The van der Waals surface area contributed by atoms with Crippen molar-refractivity contribution in [3.63, 3.8) is 0 Å². The van der Waals surface area contributed by atoms with Crippen molar-refractivity contribution in [3.8, 4) is 0 Å². The summed E-state index contributed by atoms with van der Waals surface area (Å²) in [5.74, 6) is -0.417. The number of carbonyl (C=O) groups excluding carboxylic acids is 1. The van der Waals surface area contributed by atoms with Gasteiger partial charge in [-0.25, -0.2) is 9.59 Å². The van der Waals surface area contributed by atoms with Crippen molar-refractivity contribution in [1.82, 2.24) is 5.32 Å². The zero-order valence-electron chi connectivity index (χ0n) is 13.4. The van der Waals surface area contributed by atoms with Crippen LogP contribution in [0.3, 0.4) is 0 Å². The van der Waals surface area contributed by atoms with Crippen LogP contribution in [-0.2, 0) is 9.53 Å². The maximum atomic E-state index is 12.0. The van der Waals surface area contributed by atoms with Gasteiger partial charge >= 0.3 is 12.1 Å². The molecule has 120 valence electrons. The summed E-state index contributed by atoms with van der Waals surface area (Å²) in [7, 11) is 0. The maximum absolute atomic E-state index is 12.0. The Morgan fingerprint density at radius 2 is 2.05 bits per heavy atom. The lowest BCUT2D eigenvalue weighted by Gasteiger charge is -2.38. The molecule has 2 saturated carbocycles. The molecule has 0 saturated heterocycles. The number of rotatable bonds is 5. The Morgan fingerprint density at radius 1 is 1.38 bits per heavy atom. The van der Waals surface area contributed by atoms with Gasteiger partial charge in [-0.15, -0.1) is 0 Å². The first-order chi connectivity index (χ1) is 9.72. The molecule has 1 amide bonds. The molecule has 0 aromatic rings. The summed E-state index contributed by atoms with van der Waals surface area (Å²) >= 11 is 0. The van der Waals surface area contributed by atoms with E-state index in [2.05, 4.69) is 26.1 Å². The summed E-state index contributed by atoms with van der Waals surface area (Å²) in [6, 6.07) is -0.859. The minimum absolute atomic E-state index is 0.00150. The second-order valence-electron chi connectivity index (χ2n) is 7.33. The number of ether oxygens (including phenoxy) is 1. The summed E-state index contributed by atoms with van der Waals surface area (Å²) in [6.45, 7) is 8.59. The first-order valence-electron chi connectivity index (χ1n) is 7.92. The predicted molar refractivity (Wildman–Crippen MR) is 79.0 cm³/mol. The van der Waals surface area contributed by atoms with E-state index in [1.54, 1.807) is 0 Å². The Labute approximate surface area is 126 Å². The van der Waals surface area contributed by atoms with Crippen molar-refractivity contribution in [1.29, 1.82) is 0 Å². The number of carboxylic acids is 1. The lowest BCUT2D eigenvalue weighted by atomic mass is 9.70. The monoisotopic (exact) mass is 297 g/mol. The molecule has 4 unspecified atom stereocenters. The summed E-state index contributed by atoms with van der Waals surface area (Å²) in [4.78, 5) is 23.1. The van der Waals surface area contributed by atoms with Crippen LogP contribution >= 0.6 is 0 Å². The Morgan fingerprint density at radius 3 is 2.48 bits per heavy atom. The number of hydrogen-bond donors (Lipinski definition) is 2. The van der Waals surface area contributed by atoms with Crippen LogP contribution in [0.4, 0.5) is 4.79 Å². The lowest BCUT2D eigenvalue weighted by Crippen LogP contribution is -2.45. The number of amides is 1. The Kier molecular flexibility index (Phi) is 4.22. The van der Waals surface area contributed by atoms with Gasteiger partial charge in [0.15, 0.2) is 0 Å². The summed E-state index contributed by atoms with van der Waals surface area (Å²) in [5.41, 5.74) is 0.173. The van der Waals surface area contributed by atoms with E-state index in [4.69, 9.17) is 9.84 Å². The van der Waals surface area contributed by atoms with Crippen molar-refractivity contribution < 1.29 is 19.4 Å². The highest BCUT2D eigenvalue weighted by molar-refractivity contribution is 5.79. The average Bonchev–Trinajstić information content (AvgIpc) is 2.71. The highest BCUT2D eigenvalue weighted by atomic mass is 16.6. The zero-order chi connectivity index (χ0) is 15.8. The number of aliphatic carboxylic acids is 1. The van der Waals surface area contributed by atoms with Crippen molar-refractivity contribution in [2.45, 2.75) is 71.9 Å². The molecule has 4 atom stereocenters. The molecule has 2 bridgehead atoms. The Bertz CT molecular complexity index is 434. The molecule has 2 aliphatic rings. The molecule has 0 heterocycles. The minimum atomic E-state index is -1.01. The molecule has 5 heteroatoms. The smallest absolute Gasteiger partial charge is 0.408 e. The van der Waals surface area contributed by atoms with E-state index in [0.29, 0.717) is 18.8 Å². The molecule has 2 rings (SSSR count). The molecule has 0 aromatic heterocycles. The highest BCUT2D eigenvalue weighted by Gasteiger charge is 2.62. The van der Waals surface area contributed by atoms with Crippen LogP contribution in [0.15, 0.2) is 0 Å². The molecule has 0 spiro atoms. The molecule has 2 fully saturated rings. The van der Waals surface area contributed by atoms with E-state index >= 15 is 0 Å². The fourth-order valence-electron chi connectivity index (χ4n) is 4.16. The topological polar surface area (TPSA) is 75.6 Å². The fourth-order valence-corrected chi connectivity index (χ4v) is 4.16. The Hall–Kier alpha value is -1.26. The van der Waals surface area contributed by atoms with E-state index in [1.807, 2.05) is 6.92 Å². The quantitative estimate of drug-likeness (QED) is 0.817. The van der Waals surface area contributed by atoms with Gasteiger partial charge in [-0.3, -0.25) is 0 Å². The molecule has 0 radical (unpaired) electrons. The van der Waals surface area contributed by atoms with Gasteiger partial charge in [0.05, 0.1) is 0 Å². The normalized spacial score (nSPS) is 34.5. The molecule has 0 aliphatic heterocycles. The van der Waals surface area contributed by atoms with Crippen LogP contribution in [0.1, 0.15) is 59.8 Å². The minimum Gasteiger partial charge on any atom is -0.480 e. The van der Waals surface area contributed by atoms with E-state index < -0.39 is 18.1 Å². The van der Waals surface area contributed by atoms with Crippen LogP contribution in [0.25, 0.3) is 0 Å². The number of nitrogens with one attached hydrogen (secondary N) is 1. The zero-order valence-corrected chi connectivity index (χ0v) is 13.4. The SMILES string of the molecule is CCCC(NC(=O)OC1CC2CCC1(C)C2(C)C)C(=O)O. The van der Waals surface area contributed by atoms with Gasteiger partial charge in [-0.1, -0.05) is 34.1 Å². The van der Waals surface area contributed by atoms with E-state index in [1.165, 1.54) is 6.42 Å². The van der Waals surface area contributed by atoms with Gasteiger partial charge in [-0.05, 0) is 37.0 Å². The summed E-state index contributed by atoms with van der Waals surface area (Å²) in [5, 5.41) is 11.6. The van der Waals surface area contributed by atoms with Crippen LogP contribution in [0, 0.1) is 16.7 Å². The molecule has 21 heavy (non-hydrogen) atoms. The van der Waals surface area contributed by atoms with Crippen molar-refractivity contribution >= 4 is 12.1 Å². The fraction of sp³-hybridized carbons (Fsp3) is 0.875. The third-order valence-corrected chi connectivity index (χ3v) is 6.13. The second kappa shape index (κ2) is 5.50. The van der Waals surface area contributed by atoms with Gasteiger partial charge in [0.25, 0.3) is 0 Å². The van der Waals surface area contributed by atoms with Crippen molar-refractivity contribution in [3.05, 3.63) is 0 Å². The van der Waals surface area contributed by atoms with Crippen LogP contribution < -0.4 is 5.32 Å². The average molecular weight is 297 g/mol. The predicted octanol–water partition coefficient (Wildman–Crippen LogP) is 3.18. The summed E-state index contributed by atoms with van der Waals surface area (Å²) in [6.07, 6.45) is 3.57. The van der Waals surface area contributed by atoms with Gasteiger partial charge in [0, 0.05) is 5.41 Å². The van der Waals surface area contributed by atoms with Gasteiger partial charge in [0.1, 0.15) is 12.1 Å². The van der Waals surface area contributed by atoms with Gasteiger partial charge < -0.3 is 15.2 Å². The van der Waals surface area contributed by atoms with E-state index in [0.717, 1.165) is 12.8 Å². The van der Waals surface area contributed by atoms with Crippen molar-refractivity contribution in [2.24, 2.45) is 16.7 Å². The van der Waals surface area contributed by atoms with E-state index in [9.17, 15) is 9.59 Å². The second-order valence-corrected chi connectivity index (χ2v) is 7.33. The van der Waals surface area contributed by atoms with Crippen molar-refractivity contribution in [2.75, 3.05) is 0 Å². The molecule has 2 aliphatic carbocycles. The first-order valence-corrected chi connectivity index (χ1v) is 7.92. The number of alkyl carbamates (subject to hydrolysis) is 1. The first kappa shape index (κ1) is 16.1.